The monoisotopic (exact) mass is 1210 g/mol. The topological polar surface area (TPSA) is 224 Å². The van der Waals surface area contributed by atoms with Crippen LogP contribution in [0.3, 0.4) is 0 Å². The molecule has 0 atom stereocenters. The Labute approximate surface area is 537 Å². The van der Waals surface area contributed by atoms with E-state index in [0.717, 1.165) is 22.3 Å². The predicted molar refractivity (Wildman–Crippen MR) is 343 cm³/mol. The molecule has 9 rings (SSSR count). The number of hydrogen-bond acceptors (Lipinski definition) is 21. The quantitative estimate of drug-likeness (QED) is 0.0281. The SMILES string of the molecule is C.[2H]C#Cc1cccc(Nc2ncnc3cc(OCCOC)c(OCCOC)cc23)c1.[2H]C([2H])([2H])OC([2H])([2H])COc1cc2ncnc(Nc3cccc(C#C)c3)c2cc1OCC([2H])([2H])OC([2H])([2H])[2H].[2H]C([2H])([2H])OCCOc1cc2ncnc(Nc3cccc(C#C)c3)c2cc1OCCOC([2H])([2H])[2H]. The number of hydrogen-bond donors (Lipinski definition) is 3. The van der Waals surface area contributed by atoms with E-state index in [1.165, 1.54) is 31.1 Å². The van der Waals surface area contributed by atoms with Crippen LogP contribution < -0.4 is 44.4 Å². The van der Waals surface area contributed by atoms with Crippen molar-refractivity contribution in [3.8, 4) is 71.5 Å². The van der Waals surface area contributed by atoms with E-state index in [1.807, 2.05) is 48.5 Å². The summed E-state index contributed by atoms with van der Waals surface area (Å²) in [7, 11) is -7.93. The number of methoxy groups -OCH3 is 6. The van der Waals surface area contributed by atoms with Gasteiger partial charge in [0.15, 0.2) is 34.5 Å². The van der Waals surface area contributed by atoms with Gasteiger partial charge in [-0.2, -0.15) is 0 Å². The first kappa shape index (κ1) is 46.2. The van der Waals surface area contributed by atoms with Crippen LogP contribution in [0.15, 0.2) is 128 Å². The molecule has 0 unspecified atom stereocenters. The Morgan fingerprint density at radius 2 is 0.716 bits per heavy atom. The molecule has 3 N–H and O–H groups in total. The fraction of sp³-hybridized carbons (Fsp3) is 0.284. The number of anilines is 6. The number of ether oxygens (including phenoxy) is 12. The van der Waals surface area contributed by atoms with E-state index in [-0.39, 0.29) is 56.9 Å². The minimum Gasteiger partial charge on any atom is -0.487 e. The Morgan fingerprint density at radius 1 is 0.398 bits per heavy atom. The fourth-order valence-corrected chi connectivity index (χ4v) is 7.76. The third-order valence-electron chi connectivity index (χ3n) is 11.6. The number of nitrogens with one attached hydrogen (secondary N) is 3. The average molecular weight is 1210 g/mol. The smallest absolute Gasteiger partial charge is 0.163 e. The van der Waals surface area contributed by atoms with Crippen molar-refractivity contribution in [3.63, 3.8) is 0 Å². The van der Waals surface area contributed by atoms with Gasteiger partial charge in [0.2, 0.25) is 0 Å². The van der Waals surface area contributed by atoms with E-state index in [0.29, 0.717) is 99.5 Å². The van der Waals surface area contributed by atoms with Crippen molar-refractivity contribution in [1.29, 1.82) is 0 Å². The summed E-state index contributed by atoms with van der Waals surface area (Å²) < 4.78 is 186. The molecule has 3 aromatic heterocycles. The summed E-state index contributed by atoms with van der Waals surface area (Å²) in [6, 6.07) is 31.3. The lowest BCUT2D eigenvalue weighted by molar-refractivity contribution is 0.132. The molecule has 458 valence electrons. The fourth-order valence-electron chi connectivity index (χ4n) is 7.76. The predicted octanol–water partition coefficient (Wildman–Crippen LogP) is 10.9. The van der Waals surface area contributed by atoms with Gasteiger partial charge in [-0.05, 0) is 72.8 Å². The summed E-state index contributed by atoms with van der Waals surface area (Å²) in [6.45, 7) is -6.10. The Balaban J connectivity index is 0.000000248. The van der Waals surface area contributed by atoms with Crippen LogP contribution in [0.2, 0.25) is 0 Å². The zero-order valence-corrected chi connectivity index (χ0v) is 46.9. The Morgan fingerprint density at radius 3 is 1.03 bits per heavy atom. The molecule has 88 heavy (non-hydrogen) atoms. The molecular formula is C67H73N9O12. The highest BCUT2D eigenvalue weighted by molar-refractivity contribution is 5.95. The van der Waals surface area contributed by atoms with Crippen molar-refractivity contribution >= 4 is 67.2 Å². The number of fused-ring (bicyclic) bond motifs is 3. The highest BCUT2D eigenvalue weighted by Gasteiger charge is 2.17. The highest BCUT2D eigenvalue weighted by Crippen LogP contribution is 2.38. The van der Waals surface area contributed by atoms with E-state index >= 15 is 0 Å². The minimum absolute atomic E-state index is 0. The van der Waals surface area contributed by atoms with Crippen LogP contribution in [-0.2, 0) is 28.4 Å². The number of nitrogens with zero attached hydrogens (tertiary/aromatic N) is 6. The summed E-state index contributed by atoms with van der Waals surface area (Å²) in [5.74, 6) is 10.6. The molecule has 0 spiro atoms. The normalized spacial score (nSPS) is 14.1. The van der Waals surface area contributed by atoms with E-state index in [9.17, 15) is 0 Å². The number of terminal acetylenes is 3. The molecule has 0 aliphatic rings. The van der Waals surface area contributed by atoms with Crippen LogP contribution in [0.25, 0.3) is 32.7 Å². The van der Waals surface area contributed by atoms with E-state index in [1.54, 1.807) is 62.8 Å². The first-order valence-electron chi connectivity index (χ1n) is 34.5. The summed E-state index contributed by atoms with van der Waals surface area (Å²) >= 11 is 0. The summed E-state index contributed by atoms with van der Waals surface area (Å²) in [5.41, 5.74) is 5.70. The van der Waals surface area contributed by atoms with Gasteiger partial charge in [0.05, 0.1) is 78.0 Å². The number of benzene rings is 6. The zero-order chi connectivity index (χ0) is 75.7. The molecule has 21 heteroatoms. The van der Waals surface area contributed by atoms with Gasteiger partial charge in [-0.15, -0.1) is 19.2 Å². The maximum atomic E-state index is 7.82. The molecule has 3 heterocycles. The van der Waals surface area contributed by atoms with Crippen LogP contribution >= 0.6 is 0 Å². The molecular weight excluding hydrogens is 1120 g/mol. The molecule has 0 saturated heterocycles. The third-order valence-corrected chi connectivity index (χ3v) is 11.6. The lowest BCUT2D eigenvalue weighted by Crippen LogP contribution is -2.09. The second-order valence-corrected chi connectivity index (χ2v) is 17.3. The van der Waals surface area contributed by atoms with Crippen molar-refractivity contribution in [2.24, 2.45) is 0 Å². The van der Waals surface area contributed by atoms with Gasteiger partial charge in [-0.3, -0.25) is 0 Å². The summed E-state index contributed by atoms with van der Waals surface area (Å²) in [6.07, 6.45) is 17.2. The van der Waals surface area contributed by atoms with Gasteiger partial charge in [-0.1, -0.05) is 43.4 Å². The van der Waals surface area contributed by atoms with E-state index in [2.05, 4.69) is 79.5 Å². The number of rotatable bonds is 30. The van der Waals surface area contributed by atoms with Crippen LogP contribution in [0.5, 0.6) is 34.5 Å². The van der Waals surface area contributed by atoms with Crippen LogP contribution in [0.1, 0.15) is 47.4 Å². The van der Waals surface area contributed by atoms with Crippen molar-refractivity contribution in [2.45, 2.75) is 7.43 Å². The molecule has 21 nitrogen and oxygen atoms in total. The Bertz CT molecular complexity index is 4490. The van der Waals surface area contributed by atoms with Gasteiger partial charge in [-0.25, -0.2) is 29.9 Å². The van der Waals surface area contributed by atoms with Gasteiger partial charge >= 0.3 is 0 Å². The lowest BCUT2D eigenvalue weighted by Gasteiger charge is -2.15. The third kappa shape index (κ3) is 20.0. The standard InChI is InChI=1S/3C22H23N3O4.CH4/c3*1-4-16-6-5-7-17(12-16)25-22-18-13-20(28-10-8-26-2)21(29-11-9-27-3)14-19(18)23-15-24-22;/h3*1,5-7,12-15H,8-11H2,2-3H3,(H,23,24,25);1H4/i2D3,3D3,8D2,9D2;2D3,3D3;1D;. The van der Waals surface area contributed by atoms with Crippen LogP contribution in [0, 0.1) is 37.0 Å². The average Bonchev–Trinajstić information content (AvgIpc) is 0.798. The van der Waals surface area contributed by atoms with Gasteiger partial charge in [0, 0.05) is 110 Å². The Kier molecular flexibility index (Phi) is 19.3. The van der Waals surface area contributed by atoms with Gasteiger partial charge in [0.1, 0.15) is 77.4 Å². The molecule has 0 aliphatic heterocycles. The molecule has 0 aliphatic carbocycles. The highest BCUT2D eigenvalue weighted by atomic mass is 16.6. The van der Waals surface area contributed by atoms with Gasteiger partial charge < -0.3 is 72.8 Å². The molecule has 0 amide bonds. The van der Waals surface area contributed by atoms with Crippen molar-refractivity contribution < 1.29 is 80.1 Å². The van der Waals surface area contributed by atoms with Crippen LogP contribution in [-0.4, -0.2) is 151 Å². The van der Waals surface area contributed by atoms with Crippen molar-refractivity contribution in [2.75, 3.05) is 138 Å². The molecule has 0 fully saturated rings. The van der Waals surface area contributed by atoms with Crippen molar-refractivity contribution in [3.05, 3.63) is 145 Å². The summed E-state index contributed by atoms with van der Waals surface area (Å²) in [4.78, 5) is 25.7. The lowest BCUT2D eigenvalue weighted by atomic mass is 10.2. The Hall–Kier alpha value is -10.0. The van der Waals surface area contributed by atoms with Crippen LogP contribution in [0.4, 0.5) is 34.5 Å². The van der Waals surface area contributed by atoms with Crippen molar-refractivity contribution in [1.82, 2.24) is 29.9 Å². The summed E-state index contributed by atoms with van der Waals surface area (Å²) in [5, 5.41) is 11.3. The first-order valence-corrected chi connectivity index (χ1v) is 26.0. The zero-order valence-electron chi connectivity index (χ0n) is 63.9. The molecule has 0 bridgehead atoms. The molecule has 0 saturated carbocycles. The molecule has 6 aromatic carbocycles. The maximum absolute atomic E-state index is 7.82. The second kappa shape index (κ2) is 36.7. The van der Waals surface area contributed by atoms with Gasteiger partial charge in [0.25, 0.3) is 0 Å². The molecule has 0 radical (unpaired) electrons. The maximum Gasteiger partial charge on any atom is 0.163 e. The number of aromatic nitrogens is 6. The minimum atomic E-state index is -3.05. The first-order chi connectivity index (χ1) is 49.2. The second-order valence-electron chi connectivity index (χ2n) is 17.3. The van der Waals surface area contributed by atoms with E-state index in [4.69, 9.17) is 83.5 Å². The van der Waals surface area contributed by atoms with E-state index < -0.39 is 54.5 Å². The largest absolute Gasteiger partial charge is 0.487 e. The molecule has 9 aromatic rings.